The maximum atomic E-state index is 5.44. The van der Waals surface area contributed by atoms with E-state index in [-0.39, 0.29) is 5.41 Å². The van der Waals surface area contributed by atoms with Gasteiger partial charge in [-0.15, -0.1) is 0 Å². The van der Waals surface area contributed by atoms with E-state index in [2.05, 4.69) is 66.3 Å². The van der Waals surface area contributed by atoms with E-state index in [1.807, 2.05) is 6.92 Å². The average molecular weight is 316 g/mol. The number of fused-ring (bicyclic) bond motifs is 3. The van der Waals surface area contributed by atoms with Crippen LogP contribution in [0.2, 0.25) is 0 Å². The van der Waals surface area contributed by atoms with Crippen molar-refractivity contribution >= 4 is 0 Å². The monoisotopic (exact) mass is 316 g/mol. The first-order valence-electron chi connectivity index (χ1n) is 8.15. The van der Waals surface area contributed by atoms with Gasteiger partial charge in [0.25, 0.3) is 0 Å². The van der Waals surface area contributed by atoms with E-state index in [9.17, 15) is 0 Å². The van der Waals surface area contributed by atoms with Crippen LogP contribution in [0.5, 0.6) is 5.88 Å². The highest BCUT2D eigenvalue weighted by molar-refractivity contribution is 5.83. The molecule has 1 heterocycles. The largest absolute Gasteiger partial charge is 0.479 e. The molecule has 3 aromatic rings. The number of nitrogens with zero attached hydrogens (tertiary/aromatic N) is 2. The summed E-state index contributed by atoms with van der Waals surface area (Å²) in [6.45, 7) is 6.47. The topological polar surface area (TPSA) is 35.0 Å². The molecule has 0 atom stereocenters. The van der Waals surface area contributed by atoms with Gasteiger partial charge < -0.3 is 4.74 Å². The lowest BCUT2D eigenvalue weighted by molar-refractivity contribution is 0.396. The Morgan fingerprint density at radius 1 is 0.958 bits per heavy atom. The molecule has 0 bridgehead atoms. The minimum atomic E-state index is -0.0205. The fourth-order valence-corrected chi connectivity index (χ4v) is 3.65. The zero-order valence-corrected chi connectivity index (χ0v) is 14.4. The Morgan fingerprint density at radius 3 is 2.50 bits per heavy atom. The molecule has 120 valence electrons. The van der Waals surface area contributed by atoms with Crippen LogP contribution in [-0.2, 0) is 5.41 Å². The summed E-state index contributed by atoms with van der Waals surface area (Å²) in [6.07, 6.45) is 1.78. The van der Waals surface area contributed by atoms with E-state index in [0.29, 0.717) is 5.88 Å². The number of aryl methyl sites for hydroxylation is 1. The van der Waals surface area contributed by atoms with Gasteiger partial charge in [-0.05, 0) is 35.2 Å². The van der Waals surface area contributed by atoms with Gasteiger partial charge in [-0.1, -0.05) is 50.2 Å². The van der Waals surface area contributed by atoms with E-state index in [4.69, 9.17) is 4.74 Å². The number of benzene rings is 2. The number of ether oxygens (including phenoxy) is 1. The van der Waals surface area contributed by atoms with E-state index in [1.54, 1.807) is 13.3 Å². The standard InChI is InChI=1S/C21H20N2O/c1-13-12-22-19(20(23-13)24-4)14-9-10-16-15-7-5-6-8-17(15)21(2,3)18(16)11-14/h5-12H,1-4H3. The lowest BCUT2D eigenvalue weighted by atomic mass is 9.82. The van der Waals surface area contributed by atoms with Crippen LogP contribution in [0, 0.1) is 6.92 Å². The molecule has 0 aliphatic heterocycles. The van der Waals surface area contributed by atoms with E-state index >= 15 is 0 Å². The molecule has 4 rings (SSSR count). The number of hydrogen-bond donors (Lipinski definition) is 0. The summed E-state index contributed by atoms with van der Waals surface area (Å²) in [5, 5.41) is 0. The summed E-state index contributed by atoms with van der Waals surface area (Å²) in [4.78, 5) is 9.01. The van der Waals surface area contributed by atoms with Crippen LogP contribution in [0.1, 0.15) is 30.7 Å². The second-order valence-electron chi connectivity index (χ2n) is 6.80. The highest BCUT2D eigenvalue weighted by Crippen LogP contribution is 2.49. The number of rotatable bonds is 2. The third kappa shape index (κ3) is 2.04. The van der Waals surface area contributed by atoms with Gasteiger partial charge in [-0.25, -0.2) is 9.97 Å². The third-order valence-corrected chi connectivity index (χ3v) is 4.91. The Bertz CT molecular complexity index is 944. The molecular formula is C21H20N2O. The first-order chi connectivity index (χ1) is 11.5. The number of hydrogen-bond acceptors (Lipinski definition) is 3. The van der Waals surface area contributed by atoms with Crippen LogP contribution >= 0.6 is 0 Å². The molecule has 2 aromatic carbocycles. The fourth-order valence-electron chi connectivity index (χ4n) is 3.65. The van der Waals surface area contributed by atoms with Crippen LogP contribution < -0.4 is 4.74 Å². The Morgan fingerprint density at radius 2 is 1.71 bits per heavy atom. The van der Waals surface area contributed by atoms with Gasteiger partial charge in [0.05, 0.1) is 12.8 Å². The molecule has 1 aliphatic rings. The molecule has 0 N–H and O–H groups in total. The zero-order valence-electron chi connectivity index (χ0n) is 14.4. The van der Waals surface area contributed by atoms with E-state index < -0.39 is 0 Å². The van der Waals surface area contributed by atoms with E-state index in [1.165, 1.54) is 22.3 Å². The summed E-state index contributed by atoms with van der Waals surface area (Å²) in [5.74, 6) is 0.572. The summed E-state index contributed by atoms with van der Waals surface area (Å²) in [6, 6.07) is 15.2. The molecule has 0 saturated heterocycles. The van der Waals surface area contributed by atoms with Gasteiger partial charge in [-0.3, -0.25) is 0 Å². The maximum absolute atomic E-state index is 5.44. The highest BCUT2D eigenvalue weighted by Gasteiger charge is 2.35. The van der Waals surface area contributed by atoms with Crippen molar-refractivity contribution in [1.29, 1.82) is 0 Å². The Kier molecular flexibility index (Phi) is 3.20. The van der Waals surface area contributed by atoms with Gasteiger partial charge in [0.2, 0.25) is 5.88 Å². The van der Waals surface area contributed by atoms with Crippen molar-refractivity contribution in [1.82, 2.24) is 9.97 Å². The van der Waals surface area contributed by atoms with Crippen molar-refractivity contribution in [3.63, 3.8) is 0 Å². The van der Waals surface area contributed by atoms with Gasteiger partial charge in [0.1, 0.15) is 5.69 Å². The molecule has 0 spiro atoms. The zero-order chi connectivity index (χ0) is 16.9. The lowest BCUT2D eigenvalue weighted by Gasteiger charge is -2.22. The second kappa shape index (κ2) is 5.17. The predicted octanol–water partition coefficient (Wildman–Crippen LogP) is 4.77. The molecule has 24 heavy (non-hydrogen) atoms. The first kappa shape index (κ1) is 14.9. The van der Waals surface area contributed by atoms with Crippen LogP contribution in [0.25, 0.3) is 22.4 Å². The van der Waals surface area contributed by atoms with Crippen molar-refractivity contribution in [2.24, 2.45) is 0 Å². The smallest absolute Gasteiger partial charge is 0.240 e. The quantitative estimate of drug-likeness (QED) is 0.683. The van der Waals surface area contributed by atoms with Gasteiger partial charge in [0, 0.05) is 17.2 Å². The Balaban J connectivity index is 1.91. The van der Waals surface area contributed by atoms with Crippen LogP contribution in [0.4, 0.5) is 0 Å². The van der Waals surface area contributed by atoms with Crippen LogP contribution in [0.15, 0.2) is 48.7 Å². The minimum Gasteiger partial charge on any atom is -0.479 e. The molecule has 0 radical (unpaired) electrons. The van der Waals surface area contributed by atoms with Crippen molar-refractivity contribution in [2.75, 3.05) is 7.11 Å². The van der Waals surface area contributed by atoms with Crippen molar-refractivity contribution < 1.29 is 4.74 Å². The highest BCUT2D eigenvalue weighted by atomic mass is 16.5. The van der Waals surface area contributed by atoms with E-state index in [0.717, 1.165) is 17.0 Å². The Labute approximate surface area is 142 Å². The van der Waals surface area contributed by atoms with Crippen LogP contribution in [0.3, 0.4) is 0 Å². The maximum Gasteiger partial charge on any atom is 0.240 e. The fraction of sp³-hybridized carbons (Fsp3) is 0.238. The molecule has 1 aromatic heterocycles. The third-order valence-electron chi connectivity index (χ3n) is 4.91. The molecule has 1 aliphatic carbocycles. The van der Waals surface area contributed by atoms with Gasteiger partial charge in [0.15, 0.2) is 0 Å². The number of aromatic nitrogens is 2. The second-order valence-corrected chi connectivity index (χ2v) is 6.80. The first-order valence-corrected chi connectivity index (χ1v) is 8.15. The summed E-state index contributed by atoms with van der Waals surface area (Å²) in [7, 11) is 1.64. The van der Waals surface area contributed by atoms with Crippen molar-refractivity contribution in [3.8, 4) is 28.3 Å². The summed E-state index contributed by atoms with van der Waals surface area (Å²) >= 11 is 0. The lowest BCUT2D eigenvalue weighted by Crippen LogP contribution is -2.15. The Hall–Kier alpha value is -2.68. The SMILES string of the molecule is COc1nc(C)cnc1-c1ccc2c(c1)C(C)(C)c1ccccc1-2. The summed E-state index contributed by atoms with van der Waals surface area (Å²) in [5.41, 5.74) is 7.99. The predicted molar refractivity (Wildman–Crippen MR) is 96.3 cm³/mol. The van der Waals surface area contributed by atoms with Crippen molar-refractivity contribution in [3.05, 3.63) is 65.5 Å². The average Bonchev–Trinajstić information content (AvgIpc) is 2.83. The molecule has 0 unspecified atom stereocenters. The number of methoxy groups -OCH3 is 1. The normalized spacial score (nSPS) is 14.2. The van der Waals surface area contributed by atoms with Crippen LogP contribution in [-0.4, -0.2) is 17.1 Å². The molecule has 0 amide bonds. The minimum absolute atomic E-state index is 0.0205. The van der Waals surface area contributed by atoms with Gasteiger partial charge in [-0.2, -0.15) is 0 Å². The van der Waals surface area contributed by atoms with Crippen molar-refractivity contribution in [2.45, 2.75) is 26.2 Å². The molecule has 3 nitrogen and oxygen atoms in total. The van der Waals surface area contributed by atoms with Gasteiger partial charge >= 0.3 is 0 Å². The molecule has 0 fully saturated rings. The molecule has 0 saturated carbocycles. The summed E-state index contributed by atoms with van der Waals surface area (Å²) < 4.78 is 5.44. The molecular weight excluding hydrogens is 296 g/mol. The molecule has 3 heteroatoms.